The number of hydrogen-bond acceptors (Lipinski definition) is 6. The first-order valence-electron chi connectivity index (χ1n) is 6.53. The van der Waals surface area contributed by atoms with Gasteiger partial charge in [-0.3, -0.25) is 19.6 Å². The molecule has 0 bridgehead atoms. The number of carbonyl (C=O) groups is 2. The maximum atomic E-state index is 12.2. The number of carboxylic acids is 1. The lowest BCUT2D eigenvalue weighted by molar-refractivity contribution is -0.137. The number of nitrogens with zero attached hydrogens (tertiary/aromatic N) is 5. The number of aryl methyl sites for hydroxylation is 1. The number of hydrogen-bond donors (Lipinski definition) is 2. The van der Waals surface area contributed by atoms with Crippen LogP contribution >= 0.6 is 11.3 Å². The highest BCUT2D eigenvalue weighted by Crippen LogP contribution is 2.24. The summed E-state index contributed by atoms with van der Waals surface area (Å²) in [4.78, 5) is 27.3. The SMILES string of the molecule is Cn1nccc1-c1csc(NC(=O)c2ccnn2CC(=O)O)n1. The van der Waals surface area contributed by atoms with Crippen LogP contribution in [0, 0.1) is 0 Å². The van der Waals surface area contributed by atoms with Gasteiger partial charge in [0.05, 0.1) is 5.69 Å². The number of rotatable bonds is 5. The summed E-state index contributed by atoms with van der Waals surface area (Å²) in [6, 6.07) is 3.27. The molecule has 0 fully saturated rings. The molecule has 3 rings (SSSR count). The monoisotopic (exact) mass is 332 g/mol. The first kappa shape index (κ1) is 14.9. The van der Waals surface area contributed by atoms with Gasteiger partial charge in [0.15, 0.2) is 5.13 Å². The van der Waals surface area contributed by atoms with Crippen LogP contribution in [0.2, 0.25) is 0 Å². The van der Waals surface area contributed by atoms with E-state index in [2.05, 4.69) is 20.5 Å². The van der Waals surface area contributed by atoms with E-state index >= 15 is 0 Å². The third-order valence-electron chi connectivity index (χ3n) is 3.04. The van der Waals surface area contributed by atoms with E-state index in [0.717, 1.165) is 10.4 Å². The number of carbonyl (C=O) groups excluding carboxylic acids is 1. The molecule has 118 valence electrons. The molecule has 0 atom stereocenters. The Kier molecular flexibility index (Phi) is 3.89. The van der Waals surface area contributed by atoms with E-state index in [1.54, 1.807) is 23.3 Å². The third-order valence-corrected chi connectivity index (χ3v) is 3.80. The first-order valence-corrected chi connectivity index (χ1v) is 7.41. The standard InChI is InChI=1S/C13H12N6O3S/c1-18-9(2-4-14-18)8-7-23-13(16-8)17-12(22)10-3-5-15-19(10)6-11(20)21/h2-5,7H,6H2,1H3,(H,20,21)(H,16,17,22). The molecule has 0 radical (unpaired) electrons. The number of carboxylic acid groups (broad SMARTS) is 1. The Balaban J connectivity index is 1.77. The van der Waals surface area contributed by atoms with Crippen LogP contribution in [0.5, 0.6) is 0 Å². The molecule has 0 saturated carbocycles. The summed E-state index contributed by atoms with van der Waals surface area (Å²) in [6.07, 6.45) is 3.04. The fourth-order valence-electron chi connectivity index (χ4n) is 2.01. The molecule has 0 unspecified atom stereocenters. The summed E-state index contributed by atoms with van der Waals surface area (Å²) in [6.45, 7) is -0.381. The van der Waals surface area contributed by atoms with Crippen LogP contribution in [0.3, 0.4) is 0 Å². The molecular weight excluding hydrogens is 320 g/mol. The minimum Gasteiger partial charge on any atom is -0.480 e. The Morgan fingerprint density at radius 1 is 1.30 bits per heavy atom. The smallest absolute Gasteiger partial charge is 0.325 e. The molecule has 9 nitrogen and oxygen atoms in total. The van der Waals surface area contributed by atoms with E-state index < -0.39 is 11.9 Å². The molecule has 0 aliphatic carbocycles. The van der Waals surface area contributed by atoms with Crippen molar-refractivity contribution in [1.29, 1.82) is 0 Å². The fourth-order valence-corrected chi connectivity index (χ4v) is 2.71. The summed E-state index contributed by atoms with van der Waals surface area (Å²) in [5.41, 5.74) is 1.69. The van der Waals surface area contributed by atoms with E-state index in [1.807, 2.05) is 6.07 Å². The lowest BCUT2D eigenvalue weighted by Crippen LogP contribution is -2.20. The van der Waals surface area contributed by atoms with Crippen molar-refractivity contribution in [1.82, 2.24) is 24.5 Å². The van der Waals surface area contributed by atoms with Crippen molar-refractivity contribution >= 4 is 28.3 Å². The van der Waals surface area contributed by atoms with Gasteiger partial charge in [-0.2, -0.15) is 10.2 Å². The van der Waals surface area contributed by atoms with E-state index in [-0.39, 0.29) is 12.2 Å². The average Bonchev–Trinajstić information content (AvgIpc) is 3.19. The topological polar surface area (TPSA) is 115 Å². The summed E-state index contributed by atoms with van der Waals surface area (Å²) >= 11 is 1.27. The Bertz CT molecular complexity index is 865. The maximum Gasteiger partial charge on any atom is 0.325 e. The molecule has 2 N–H and O–H groups in total. The molecule has 10 heteroatoms. The van der Waals surface area contributed by atoms with Gasteiger partial charge < -0.3 is 5.11 Å². The highest BCUT2D eigenvalue weighted by Gasteiger charge is 2.16. The Labute approximate surface area is 134 Å². The van der Waals surface area contributed by atoms with Gasteiger partial charge >= 0.3 is 5.97 Å². The number of aromatic nitrogens is 5. The molecule has 1 amide bonds. The van der Waals surface area contributed by atoms with Gasteiger partial charge in [-0.05, 0) is 12.1 Å². The largest absolute Gasteiger partial charge is 0.480 e. The molecule has 3 aromatic rings. The van der Waals surface area contributed by atoms with E-state index in [0.29, 0.717) is 10.8 Å². The number of anilines is 1. The minimum absolute atomic E-state index is 0.157. The molecule has 0 saturated heterocycles. The lowest BCUT2D eigenvalue weighted by atomic mass is 10.3. The molecule has 23 heavy (non-hydrogen) atoms. The second-order valence-electron chi connectivity index (χ2n) is 4.60. The van der Waals surface area contributed by atoms with Crippen LogP contribution < -0.4 is 5.32 Å². The number of amides is 1. The van der Waals surface area contributed by atoms with Crippen molar-refractivity contribution < 1.29 is 14.7 Å². The normalized spacial score (nSPS) is 10.7. The van der Waals surface area contributed by atoms with Gasteiger partial charge in [0.2, 0.25) is 0 Å². The van der Waals surface area contributed by atoms with E-state index in [9.17, 15) is 9.59 Å². The molecule has 0 aliphatic heterocycles. The van der Waals surface area contributed by atoms with Gasteiger partial charge in [0, 0.05) is 24.8 Å². The average molecular weight is 332 g/mol. The lowest BCUT2D eigenvalue weighted by Gasteiger charge is -2.04. The van der Waals surface area contributed by atoms with Crippen molar-refractivity contribution in [2.75, 3.05) is 5.32 Å². The summed E-state index contributed by atoms with van der Waals surface area (Å²) < 4.78 is 2.80. The quantitative estimate of drug-likeness (QED) is 0.722. The van der Waals surface area contributed by atoms with Gasteiger partial charge in [-0.15, -0.1) is 11.3 Å². The van der Waals surface area contributed by atoms with Crippen LogP contribution in [0.15, 0.2) is 29.9 Å². The molecule has 0 aliphatic rings. The predicted octanol–water partition coefficient (Wildman–Crippen LogP) is 1.08. The zero-order chi connectivity index (χ0) is 16.4. The molecule has 3 aromatic heterocycles. The van der Waals surface area contributed by atoms with Crippen molar-refractivity contribution in [2.24, 2.45) is 7.05 Å². The van der Waals surface area contributed by atoms with E-state index in [1.165, 1.54) is 23.6 Å². The number of nitrogens with one attached hydrogen (secondary N) is 1. The fraction of sp³-hybridized carbons (Fsp3) is 0.154. The second-order valence-corrected chi connectivity index (χ2v) is 5.46. The summed E-state index contributed by atoms with van der Waals surface area (Å²) in [5, 5.41) is 21.6. The minimum atomic E-state index is -1.07. The second kappa shape index (κ2) is 6.01. The van der Waals surface area contributed by atoms with Crippen LogP contribution in [0.25, 0.3) is 11.4 Å². The summed E-state index contributed by atoms with van der Waals surface area (Å²) in [5.74, 6) is -1.54. The first-order chi connectivity index (χ1) is 11.0. The molecule has 0 spiro atoms. The highest BCUT2D eigenvalue weighted by atomic mass is 32.1. The van der Waals surface area contributed by atoms with Gasteiger partial charge in [0.25, 0.3) is 5.91 Å². The number of aliphatic carboxylic acids is 1. The Morgan fingerprint density at radius 3 is 2.78 bits per heavy atom. The molecule has 3 heterocycles. The van der Waals surface area contributed by atoms with Crippen LogP contribution in [0.4, 0.5) is 5.13 Å². The zero-order valence-electron chi connectivity index (χ0n) is 12.0. The van der Waals surface area contributed by atoms with Crippen molar-refractivity contribution in [3.8, 4) is 11.4 Å². The number of thiazole rings is 1. The van der Waals surface area contributed by atoms with Crippen LogP contribution in [-0.2, 0) is 18.4 Å². The van der Waals surface area contributed by atoms with Gasteiger partial charge in [-0.25, -0.2) is 9.67 Å². The zero-order valence-corrected chi connectivity index (χ0v) is 12.8. The van der Waals surface area contributed by atoms with Gasteiger partial charge in [-0.1, -0.05) is 0 Å². The predicted molar refractivity (Wildman–Crippen MR) is 82.1 cm³/mol. The van der Waals surface area contributed by atoms with Crippen LogP contribution in [-0.4, -0.2) is 41.5 Å². The van der Waals surface area contributed by atoms with Crippen LogP contribution in [0.1, 0.15) is 10.5 Å². The summed E-state index contributed by atoms with van der Waals surface area (Å²) in [7, 11) is 1.80. The maximum absolute atomic E-state index is 12.2. The van der Waals surface area contributed by atoms with Crippen molar-refractivity contribution in [3.05, 3.63) is 35.6 Å². The Morgan fingerprint density at radius 2 is 2.09 bits per heavy atom. The van der Waals surface area contributed by atoms with Crippen molar-refractivity contribution in [2.45, 2.75) is 6.54 Å². The Hall–Kier alpha value is -3.01. The molecule has 0 aromatic carbocycles. The third kappa shape index (κ3) is 3.11. The molecular formula is C13H12N6O3S. The van der Waals surface area contributed by atoms with Crippen molar-refractivity contribution in [3.63, 3.8) is 0 Å². The highest BCUT2D eigenvalue weighted by molar-refractivity contribution is 7.14. The van der Waals surface area contributed by atoms with Gasteiger partial charge in [0.1, 0.15) is 17.9 Å². The van der Waals surface area contributed by atoms with E-state index in [4.69, 9.17) is 5.11 Å².